The Labute approximate surface area is 255 Å². The molecule has 0 radical (unpaired) electrons. The molecule has 5 aromatic rings. The normalized spacial score (nSPS) is 12.0. The number of nitrogens with one attached hydrogen (secondary N) is 3. The van der Waals surface area contributed by atoms with Crippen LogP contribution in [0.25, 0.3) is 33.6 Å². The van der Waals surface area contributed by atoms with Crippen LogP contribution in [0.2, 0.25) is 0 Å². The fourth-order valence-corrected chi connectivity index (χ4v) is 4.71. The second-order valence-electron chi connectivity index (χ2n) is 10.4. The number of likely N-dealkylation sites (N-methyl/N-ethyl adjacent to an activating group) is 1. The molecule has 0 aliphatic heterocycles. The van der Waals surface area contributed by atoms with Gasteiger partial charge in [-0.05, 0) is 37.4 Å². The lowest BCUT2D eigenvalue weighted by atomic mass is 9.98. The monoisotopic (exact) mass is 590 g/mol. The van der Waals surface area contributed by atoms with E-state index in [4.69, 9.17) is 4.42 Å². The highest BCUT2D eigenvalue weighted by Gasteiger charge is 2.23. The van der Waals surface area contributed by atoms with E-state index in [9.17, 15) is 14.7 Å². The topological polar surface area (TPSA) is 133 Å². The van der Waals surface area contributed by atoms with Gasteiger partial charge in [-0.25, -0.2) is 9.97 Å². The Morgan fingerprint density at radius 2 is 1.57 bits per heavy atom. The first-order chi connectivity index (χ1) is 21.4. The predicted octanol–water partition coefficient (Wildman–Crippen LogP) is 4.87. The van der Waals surface area contributed by atoms with E-state index >= 15 is 0 Å². The molecule has 10 nitrogen and oxygen atoms in total. The van der Waals surface area contributed by atoms with E-state index in [1.807, 2.05) is 91.8 Å². The number of aromatic nitrogens is 2. The molecule has 0 aliphatic carbocycles. The molecular weight excluding hydrogens is 556 g/mol. The van der Waals surface area contributed by atoms with Crippen LogP contribution in [0.5, 0.6) is 0 Å². The van der Waals surface area contributed by atoms with Gasteiger partial charge in [-0.1, -0.05) is 72.8 Å². The predicted molar refractivity (Wildman–Crippen MR) is 172 cm³/mol. The minimum absolute atomic E-state index is 0.144. The van der Waals surface area contributed by atoms with Gasteiger partial charge in [-0.15, -0.1) is 0 Å². The number of aliphatic hydroxyl groups excluding tert-OH is 1. The van der Waals surface area contributed by atoms with Crippen LogP contribution in [0.3, 0.4) is 0 Å². The maximum atomic E-state index is 12.5. The van der Waals surface area contributed by atoms with Crippen molar-refractivity contribution < 1.29 is 19.1 Å². The molecule has 0 unspecified atom stereocenters. The number of carbonyl (C=O) groups is 2. The minimum Gasteiger partial charge on any atom is -0.437 e. The van der Waals surface area contributed by atoms with Crippen molar-refractivity contribution in [3.8, 4) is 22.5 Å². The van der Waals surface area contributed by atoms with Crippen molar-refractivity contribution in [3.63, 3.8) is 0 Å². The van der Waals surface area contributed by atoms with Crippen molar-refractivity contribution in [1.29, 1.82) is 0 Å². The summed E-state index contributed by atoms with van der Waals surface area (Å²) in [5, 5.41) is 19.8. The van der Waals surface area contributed by atoms with Gasteiger partial charge in [0.2, 0.25) is 17.5 Å². The highest BCUT2D eigenvalue weighted by molar-refractivity contribution is 6.07. The smallest absolute Gasteiger partial charge is 0.248 e. The fourth-order valence-electron chi connectivity index (χ4n) is 4.71. The Hall–Kier alpha value is -5.32. The number of fused-ring (bicyclic) bond motifs is 1. The van der Waals surface area contributed by atoms with Gasteiger partial charge >= 0.3 is 0 Å². The van der Waals surface area contributed by atoms with Gasteiger partial charge in [0.25, 0.3) is 0 Å². The molecule has 0 saturated heterocycles. The Morgan fingerprint density at radius 1 is 0.886 bits per heavy atom. The molecule has 0 spiro atoms. The van der Waals surface area contributed by atoms with E-state index in [0.717, 1.165) is 22.3 Å². The van der Waals surface area contributed by atoms with Crippen molar-refractivity contribution in [1.82, 2.24) is 20.2 Å². The maximum absolute atomic E-state index is 12.5. The summed E-state index contributed by atoms with van der Waals surface area (Å²) in [5.41, 5.74) is 4.31. The highest BCUT2D eigenvalue weighted by Crippen LogP contribution is 2.43. The van der Waals surface area contributed by atoms with Crippen molar-refractivity contribution in [2.45, 2.75) is 6.04 Å². The first-order valence-electron chi connectivity index (χ1n) is 14.2. The van der Waals surface area contributed by atoms with Gasteiger partial charge in [0.1, 0.15) is 17.9 Å². The fraction of sp³-hybridized carbons (Fsp3) is 0.176. The van der Waals surface area contributed by atoms with Gasteiger partial charge in [0.05, 0.1) is 18.0 Å². The number of nitrogens with zero attached hydrogens (tertiary/aromatic N) is 3. The molecule has 44 heavy (non-hydrogen) atoms. The van der Waals surface area contributed by atoms with Gasteiger partial charge in [-0.2, -0.15) is 0 Å². The molecule has 0 bridgehead atoms. The zero-order valence-corrected chi connectivity index (χ0v) is 24.5. The van der Waals surface area contributed by atoms with Crippen LogP contribution >= 0.6 is 0 Å². The van der Waals surface area contributed by atoms with Gasteiger partial charge in [-0.3, -0.25) is 9.59 Å². The Kier molecular flexibility index (Phi) is 9.75. The van der Waals surface area contributed by atoms with Crippen molar-refractivity contribution in [3.05, 3.63) is 109 Å². The lowest BCUT2D eigenvalue weighted by Crippen LogP contribution is -2.30. The first-order valence-corrected chi connectivity index (χ1v) is 14.2. The minimum atomic E-state index is -0.421. The van der Waals surface area contributed by atoms with E-state index in [2.05, 4.69) is 25.9 Å². The molecule has 3 aromatic carbocycles. The van der Waals surface area contributed by atoms with Crippen LogP contribution in [-0.2, 0) is 9.59 Å². The van der Waals surface area contributed by atoms with Crippen LogP contribution < -0.4 is 16.0 Å². The van der Waals surface area contributed by atoms with E-state index < -0.39 is 11.9 Å². The summed E-state index contributed by atoms with van der Waals surface area (Å²) in [6, 6.07) is 26.3. The molecule has 2 amide bonds. The van der Waals surface area contributed by atoms with Crippen molar-refractivity contribution in [2.75, 3.05) is 44.4 Å². The average Bonchev–Trinajstić information content (AvgIpc) is 3.44. The lowest BCUT2D eigenvalue weighted by molar-refractivity contribution is -0.117. The summed E-state index contributed by atoms with van der Waals surface area (Å²) in [4.78, 5) is 35.4. The first kappa shape index (κ1) is 30.1. The van der Waals surface area contributed by atoms with Crippen molar-refractivity contribution in [2.24, 2.45) is 0 Å². The number of furan rings is 1. The van der Waals surface area contributed by atoms with Crippen LogP contribution in [0.1, 0.15) is 11.6 Å². The standard InChI is InChI=1S/C34H34N6O4/c1-40(2)20-19-35-28(42)17-18-29(43)38-26-15-13-24(14-16-26)30-31-33(39-27(21-41)23-9-5-3-6-10-23)36-22-37-34(31)44-32(30)25-11-7-4-8-12-25/h3-18,22,27,41H,19-21H2,1-2H3,(H,35,42)(H,38,43)(H,36,37,39)/t27-/m1/s1. The zero-order chi connectivity index (χ0) is 30.9. The third-order valence-corrected chi connectivity index (χ3v) is 6.91. The molecule has 2 aromatic heterocycles. The molecule has 0 fully saturated rings. The second-order valence-corrected chi connectivity index (χ2v) is 10.4. The number of amides is 2. The van der Waals surface area contributed by atoms with Gasteiger partial charge in [0, 0.05) is 42.1 Å². The summed E-state index contributed by atoms with van der Waals surface area (Å²) in [6.45, 7) is 1.05. The number of carbonyl (C=O) groups excluding carboxylic acids is 2. The summed E-state index contributed by atoms with van der Waals surface area (Å²) < 4.78 is 6.32. The molecule has 1 atom stereocenters. The summed E-state index contributed by atoms with van der Waals surface area (Å²) in [7, 11) is 3.83. The number of anilines is 2. The molecule has 5 rings (SSSR count). The second kappa shape index (κ2) is 14.2. The highest BCUT2D eigenvalue weighted by atomic mass is 16.3. The van der Waals surface area contributed by atoms with Gasteiger partial charge in [0.15, 0.2) is 0 Å². The van der Waals surface area contributed by atoms with E-state index in [1.165, 1.54) is 18.5 Å². The molecule has 10 heteroatoms. The van der Waals surface area contributed by atoms with Crippen LogP contribution in [0.15, 0.2) is 108 Å². The number of hydrogen-bond donors (Lipinski definition) is 4. The Bertz CT molecular complexity index is 1740. The van der Waals surface area contributed by atoms with E-state index in [-0.39, 0.29) is 12.5 Å². The number of aliphatic hydroxyl groups is 1. The summed E-state index contributed by atoms with van der Waals surface area (Å²) >= 11 is 0. The third kappa shape index (κ3) is 7.35. The number of rotatable bonds is 12. The Balaban J connectivity index is 1.44. The molecule has 0 aliphatic rings. The van der Waals surface area contributed by atoms with Crippen LogP contribution in [0.4, 0.5) is 11.5 Å². The SMILES string of the molecule is CN(C)CCNC(=O)C=CC(=O)Nc1ccc(-c2c(-c3ccccc3)oc3ncnc(N[C@H](CO)c4ccccc4)c23)cc1. The van der Waals surface area contributed by atoms with E-state index in [0.29, 0.717) is 41.5 Å². The van der Waals surface area contributed by atoms with Gasteiger partial charge < -0.3 is 30.4 Å². The summed E-state index contributed by atoms with van der Waals surface area (Å²) in [6.07, 6.45) is 3.85. The molecule has 2 heterocycles. The quantitative estimate of drug-likeness (QED) is 0.151. The van der Waals surface area contributed by atoms with Crippen molar-refractivity contribution >= 4 is 34.4 Å². The maximum Gasteiger partial charge on any atom is 0.248 e. The van der Waals surface area contributed by atoms with E-state index in [1.54, 1.807) is 12.1 Å². The molecule has 0 saturated carbocycles. The molecular formula is C34H34N6O4. The molecule has 4 N–H and O–H groups in total. The molecule has 224 valence electrons. The zero-order valence-electron chi connectivity index (χ0n) is 24.5. The lowest BCUT2D eigenvalue weighted by Gasteiger charge is -2.18. The number of benzene rings is 3. The summed E-state index contributed by atoms with van der Waals surface area (Å²) in [5.74, 6) is 0.379. The average molecular weight is 591 g/mol. The number of hydrogen-bond acceptors (Lipinski definition) is 8. The van der Waals surface area contributed by atoms with Crippen LogP contribution in [0, 0.1) is 0 Å². The Morgan fingerprint density at radius 3 is 2.25 bits per heavy atom. The third-order valence-electron chi connectivity index (χ3n) is 6.91. The van der Waals surface area contributed by atoms with Crippen LogP contribution in [-0.4, -0.2) is 65.6 Å². The largest absolute Gasteiger partial charge is 0.437 e.